The lowest BCUT2D eigenvalue weighted by atomic mass is 9.88. The van der Waals surface area contributed by atoms with Crippen LogP contribution in [-0.2, 0) is 5.54 Å². The van der Waals surface area contributed by atoms with Crippen molar-refractivity contribution in [3.05, 3.63) is 28.3 Å². The van der Waals surface area contributed by atoms with Crippen LogP contribution in [0.25, 0.3) is 0 Å². The summed E-state index contributed by atoms with van der Waals surface area (Å²) in [5.41, 5.74) is 7.90. The number of rotatable bonds is 1. The number of phenols is 1. The van der Waals surface area contributed by atoms with E-state index < -0.39 is 0 Å². The maximum Gasteiger partial charge on any atom is 0.134 e. The summed E-state index contributed by atoms with van der Waals surface area (Å²) in [6.45, 7) is 1.94. The highest BCUT2D eigenvalue weighted by molar-refractivity contribution is 6.32. The molecule has 1 aliphatic rings. The van der Waals surface area contributed by atoms with E-state index in [0.717, 1.165) is 36.8 Å². The predicted molar refractivity (Wildman–Crippen MR) is 62.2 cm³/mol. The van der Waals surface area contributed by atoms with Gasteiger partial charge in [0.2, 0.25) is 0 Å². The lowest BCUT2D eigenvalue weighted by Gasteiger charge is -2.26. The summed E-state index contributed by atoms with van der Waals surface area (Å²) in [4.78, 5) is 0. The minimum Gasteiger partial charge on any atom is -0.506 e. The summed E-state index contributed by atoms with van der Waals surface area (Å²) in [5, 5.41) is 10.1. The highest BCUT2D eigenvalue weighted by atomic mass is 35.5. The molecule has 0 unspecified atom stereocenters. The number of hydrogen-bond donors (Lipinski definition) is 2. The van der Waals surface area contributed by atoms with Gasteiger partial charge in [-0.15, -0.1) is 0 Å². The molecule has 1 fully saturated rings. The monoisotopic (exact) mass is 225 g/mol. The zero-order valence-corrected chi connectivity index (χ0v) is 9.64. The van der Waals surface area contributed by atoms with Gasteiger partial charge in [0, 0.05) is 5.54 Å². The van der Waals surface area contributed by atoms with Crippen LogP contribution in [0.15, 0.2) is 12.1 Å². The maximum atomic E-state index is 9.67. The third kappa shape index (κ3) is 1.84. The number of phenolic OH excluding ortho intramolecular Hbond substituents is 1. The third-order valence-corrected chi connectivity index (χ3v) is 3.63. The van der Waals surface area contributed by atoms with Gasteiger partial charge >= 0.3 is 0 Å². The molecule has 0 amide bonds. The van der Waals surface area contributed by atoms with E-state index in [2.05, 4.69) is 0 Å². The van der Waals surface area contributed by atoms with Crippen LogP contribution in [0.3, 0.4) is 0 Å². The van der Waals surface area contributed by atoms with E-state index in [9.17, 15) is 5.11 Å². The fourth-order valence-corrected chi connectivity index (χ4v) is 2.68. The summed E-state index contributed by atoms with van der Waals surface area (Å²) in [5.74, 6) is 0.142. The van der Waals surface area contributed by atoms with Crippen molar-refractivity contribution in [1.29, 1.82) is 0 Å². The number of hydrogen-bond acceptors (Lipinski definition) is 2. The van der Waals surface area contributed by atoms with Gasteiger partial charge in [-0.3, -0.25) is 0 Å². The normalized spacial score (nSPS) is 19.4. The lowest BCUT2D eigenvalue weighted by molar-refractivity contribution is 0.446. The minimum absolute atomic E-state index is 0.142. The molecule has 15 heavy (non-hydrogen) atoms. The Morgan fingerprint density at radius 2 is 1.93 bits per heavy atom. The second-order valence-electron chi connectivity index (χ2n) is 4.51. The van der Waals surface area contributed by atoms with Crippen LogP contribution in [0.2, 0.25) is 5.02 Å². The van der Waals surface area contributed by atoms with Crippen molar-refractivity contribution < 1.29 is 5.11 Å². The van der Waals surface area contributed by atoms with E-state index in [4.69, 9.17) is 17.3 Å². The highest BCUT2D eigenvalue weighted by Crippen LogP contribution is 2.42. The molecule has 0 atom stereocenters. The van der Waals surface area contributed by atoms with Crippen molar-refractivity contribution in [3.8, 4) is 5.75 Å². The molecule has 1 aromatic rings. The Balaban J connectivity index is 2.51. The largest absolute Gasteiger partial charge is 0.506 e. The van der Waals surface area contributed by atoms with Gasteiger partial charge in [-0.2, -0.15) is 0 Å². The molecule has 0 spiro atoms. The first-order valence-corrected chi connectivity index (χ1v) is 5.69. The number of aromatic hydroxyl groups is 1. The second kappa shape index (κ2) is 3.69. The minimum atomic E-state index is -0.333. The number of halogens is 1. The predicted octanol–water partition coefficient (Wildman–Crippen LogP) is 3.08. The smallest absolute Gasteiger partial charge is 0.134 e. The van der Waals surface area contributed by atoms with E-state index >= 15 is 0 Å². The molecular weight excluding hydrogens is 210 g/mol. The third-order valence-electron chi connectivity index (χ3n) is 3.23. The van der Waals surface area contributed by atoms with Crippen molar-refractivity contribution in [2.75, 3.05) is 0 Å². The van der Waals surface area contributed by atoms with Crippen molar-refractivity contribution in [3.63, 3.8) is 0 Å². The maximum absolute atomic E-state index is 9.67. The Kier molecular flexibility index (Phi) is 2.65. The molecule has 0 heterocycles. The van der Waals surface area contributed by atoms with Crippen molar-refractivity contribution in [2.45, 2.75) is 38.1 Å². The van der Waals surface area contributed by atoms with Gasteiger partial charge in [0.05, 0.1) is 5.02 Å². The first-order chi connectivity index (χ1) is 7.03. The Morgan fingerprint density at radius 1 is 1.33 bits per heavy atom. The van der Waals surface area contributed by atoms with Gasteiger partial charge in [-0.05, 0) is 37.0 Å². The van der Waals surface area contributed by atoms with Gasteiger partial charge in [-0.25, -0.2) is 0 Å². The number of aryl methyl sites for hydroxylation is 1. The van der Waals surface area contributed by atoms with Crippen molar-refractivity contribution in [2.24, 2.45) is 5.73 Å². The molecule has 0 bridgehead atoms. The molecule has 0 aliphatic heterocycles. The fraction of sp³-hybridized carbons (Fsp3) is 0.500. The summed E-state index contributed by atoms with van der Waals surface area (Å²) < 4.78 is 0. The van der Waals surface area contributed by atoms with Gasteiger partial charge in [-0.1, -0.05) is 30.5 Å². The number of benzene rings is 1. The van der Waals surface area contributed by atoms with Crippen LogP contribution in [0.5, 0.6) is 5.75 Å². The van der Waals surface area contributed by atoms with Crippen molar-refractivity contribution >= 4 is 11.6 Å². The van der Waals surface area contributed by atoms with E-state index in [1.807, 2.05) is 13.0 Å². The Hall–Kier alpha value is -0.730. The zero-order valence-electron chi connectivity index (χ0n) is 8.89. The summed E-state index contributed by atoms with van der Waals surface area (Å²) in [7, 11) is 0. The summed E-state index contributed by atoms with van der Waals surface area (Å²) in [6.07, 6.45) is 4.19. The fourth-order valence-electron chi connectivity index (χ4n) is 2.39. The standard InChI is InChI=1S/C12H16ClNO/c1-8-6-9(11(13)10(15)7-8)12(14)4-2-3-5-12/h6-7,15H,2-5,14H2,1H3. The van der Waals surface area contributed by atoms with Crippen LogP contribution < -0.4 is 5.73 Å². The average Bonchev–Trinajstić information content (AvgIpc) is 2.59. The first-order valence-electron chi connectivity index (χ1n) is 5.31. The van der Waals surface area contributed by atoms with Crippen LogP contribution in [0.1, 0.15) is 36.8 Å². The quantitative estimate of drug-likeness (QED) is 0.772. The zero-order chi connectivity index (χ0) is 11.1. The van der Waals surface area contributed by atoms with Crippen LogP contribution in [0.4, 0.5) is 0 Å². The van der Waals surface area contributed by atoms with Gasteiger partial charge < -0.3 is 10.8 Å². The van der Waals surface area contributed by atoms with E-state index in [0.29, 0.717) is 5.02 Å². The van der Waals surface area contributed by atoms with E-state index in [1.54, 1.807) is 6.07 Å². The molecule has 2 rings (SSSR count). The lowest BCUT2D eigenvalue weighted by Crippen LogP contribution is -2.33. The molecule has 1 aromatic carbocycles. The van der Waals surface area contributed by atoms with Crippen LogP contribution >= 0.6 is 11.6 Å². The molecule has 1 saturated carbocycles. The molecule has 3 N–H and O–H groups in total. The average molecular weight is 226 g/mol. The second-order valence-corrected chi connectivity index (χ2v) is 4.89. The molecule has 82 valence electrons. The molecule has 2 nitrogen and oxygen atoms in total. The van der Waals surface area contributed by atoms with Crippen LogP contribution in [-0.4, -0.2) is 5.11 Å². The van der Waals surface area contributed by atoms with Crippen molar-refractivity contribution in [1.82, 2.24) is 0 Å². The van der Waals surface area contributed by atoms with Gasteiger partial charge in [0.15, 0.2) is 0 Å². The summed E-state index contributed by atoms with van der Waals surface area (Å²) >= 11 is 6.10. The molecule has 0 saturated heterocycles. The Morgan fingerprint density at radius 3 is 2.53 bits per heavy atom. The SMILES string of the molecule is Cc1cc(O)c(Cl)c(C2(N)CCCC2)c1. The summed E-state index contributed by atoms with van der Waals surface area (Å²) in [6, 6.07) is 3.66. The molecule has 0 aromatic heterocycles. The Labute approximate surface area is 95.1 Å². The van der Waals surface area contributed by atoms with E-state index in [-0.39, 0.29) is 11.3 Å². The number of nitrogens with two attached hydrogens (primary N) is 1. The molecule has 3 heteroatoms. The highest BCUT2D eigenvalue weighted by Gasteiger charge is 2.33. The molecule has 0 radical (unpaired) electrons. The van der Waals surface area contributed by atoms with Crippen LogP contribution in [0, 0.1) is 6.92 Å². The first kappa shape index (κ1) is 10.8. The van der Waals surface area contributed by atoms with Gasteiger partial charge in [0.1, 0.15) is 5.75 Å². The molecule has 1 aliphatic carbocycles. The topological polar surface area (TPSA) is 46.2 Å². The van der Waals surface area contributed by atoms with Gasteiger partial charge in [0.25, 0.3) is 0 Å². The van der Waals surface area contributed by atoms with E-state index in [1.165, 1.54) is 0 Å². The molecular formula is C12H16ClNO. The Bertz CT molecular complexity index is 383.